The van der Waals surface area contributed by atoms with Crippen LogP contribution < -0.4 is 0 Å². The molecule has 50 valence electrons. The first-order chi connectivity index (χ1) is 3.93. The maximum Gasteiger partial charge on any atom is 0.0644 e. The van der Waals surface area contributed by atoms with Crippen molar-refractivity contribution >= 4 is 39.1 Å². The van der Waals surface area contributed by atoms with Gasteiger partial charge in [-0.2, -0.15) is 0 Å². The lowest BCUT2D eigenvalue weighted by molar-refractivity contribution is 1.19. The van der Waals surface area contributed by atoms with Gasteiger partial charge in [-0.25, -0.2) is 0 Å². The van der Waals surface area contributed by atoms with E-state index in [4.69, 9.17) is 0 Å². The Balaban J connectivity index is 0.000000640. The molecule has 1 rings (SSSR count). The van der Waals surface area contributed by atoms with Crippen LogP contribution in [0.5, 0.6) is 0 Å². The molecular formula is C6H7Br2N. The molecule has 0 amide bonds. The van der Waals surface area contributed by atoms with Crippen LogP contribution in [-0.4, -0.2) is 12.8 Å². The first-order valence-electron chi connectivity index (χ1n) is 2.39. The molecule has 1 aliphatic rings. The number of halogens is 2. The minimum atomic E-state index is 0. The summed E-state index contributed by atoms with van der Waals surface area (Å²) in [5.41, 5.74) is 1.22. The van der Waals surface area contributed by atoms with Gasteiger partial charge in [-0.1, -0.05) is 22.0 Å². The van der Waals surface area contributed by atoms with Crippen LogP contribution in [0.4, 0.5) is 0 Å². The SMILES string of the molecule is Br.Br/C=C1\C=CC=NC1. The monoisotopic (exact) mass is 251 g/mol. The van der Waals surface area contributed by atoms with Crippen LogP contribution in [0.1, 0.15) is 0 Å². The van der Waals surface area contributed by atoms with Gasteiger partial charge >= 0.3 is 0 Å². The van der Waals surface area contributed by atoms with E-state index in [0.29, 0.717) is 0 Å². The van der Waals surface area contributed by atoms with Crippen LogP contribution in [0.15, 0.2) is 27.7 Å². The second kappa shape index (κ2) is 4.94. The Morgan fingerprint density at radius 2 is 2.44 bits per heavy atom. The maximum atomic E-state index is 4.02. The largest absolute Gasteiger partial charge is 0.288 e. The van der Waals surface area contributed by atoms with E-state index in [-0.39, 0.29) is 17.0 Å². The summed E-state index contributed by atoms with van der Waals surface area (Å²) in [5, 5.41) is 0. The van der Waals surface area contributed by atoms with Gasteiger partial charge in [0.05, 0.1) is 6.54 Å². The Kier molecular flexibility index (Phi) is 5.00. The van der Waals surface area contributed by atoms with Crippen molar-refractivity contribution in [2.45, 2.75) is 0 Å². The van der Waals surface area contributed by atoms with Crippen molar-refractivity contribution in [3.63, 3.8) is 0 Å². The molecule has 0 fully saturated rings. The number of dihydropyridines is 1. The lowest BCUT2D eigenvalue weighted by atomic mass is 10.2. The van der Waals surface area contributed by atoms with Crippen molar-refractivity contribution in [2.75, 3.05) is 6.54 Å². The van der Waals surface area contributed by atoms with E-state index < -0.39 is 0 Å². The molecule has 9 heavy (non-hydrogen) atoms. The number of hydrogen-bond acceptors (Lipinski definition) is 1. The molecule has 0 aromatic heterocycles. The number of nitrogens with zero attached hydrogens (tertiary/aromatic N) is 1. The molecule has 0 bridgehead atoms. The second-order valence-corrected chi connectivity index (χ2v) is 1.99. The standard InChI is InChI=1S/C6H6BrN.BrH/c7-4-6-2-1-3-8-5-6;/h1-4H,5H2;1H/b6-4+;. The normalized spacial score (nSPS) is 19.9. The van der Waals surface area contributed by atoms with Gasteiger partial charge in [0, 0.05) is 6.21 Å². The van der Waals surface area contributed by atoms with Crippen molar-refractivity contribution in [1.29, 1.82) is 0 Å². The van der Waals surface area contributed by atoms with Gasteiger partial charge in [-0.05, 0) is 16.6 Å². The maximum absolute atomic E-state index is 4.02. The minimum absolute atomic E-state index is 0. The quantitative estimate of drug-likeness (QED) is 0.628. The number of allylic oxidation sites excluding steroid dienone is 1. The Bertz CT molecular complexity index is 158. The van der Waals surface area contributed by atoms with Gasteiger partial charge in [0.25, 0.3) is 0 Å². The van der Waals surface area contributed by atoms with Crippen LogP contribution in [0.25, 0.3) is 0 Å². The molecule has 0 saturated heterocycles. The molecule has 0 aliphatic carbocycles. The molecule has 0 saturated carbocycles. The van der Waals surface area contributed by atoms with Gasteiger partial charge in [-0.15, -0.1) is 17.0 Å². The Morgan fingerprint density at radius 3 is 2.78 bits per heavy atom. The molecule has 1 heterocycles. The molecule has 0 N–H and O–H groups in total. The molecule has 0 atom stereocenters. The van der Waals surface area contributed by atoms with E-state index in [9.17, 15) is 0 Å². The van der Waals surface area contributed by atoms with E-state index in [1.54, 1.807) is 6.21 Å². The highest BCUT2D eigenvalue weighted by Gasteiger charge is 1.89. The number of aliphatic imine (C=N–C) groups is 1. The number of rotatable bonds is 0. The molecule has 1 aliphatic heterocycles. The van der Waals surface area contributed by atoms with Gasteiger partial charge in [-0.3, -0.25) is 4.99 Å². The summed E-state index contributed by atoms with van der Waals surface area (Å²) in [6.45, 7) is 0.807. The van der Waals surface area contributed by atoms with Crippen molar-refractivity contribution < 1.29 is 0 Å². The Hall–Kier alpha value is 0.110. The molecule has 0 aromatic rings. The van der Waals surface area contributed by atoms with Gasteiger partial charge in [0.1, 0.15) is 0 Å². The first-order valence-corrected chi connectivity index (χ1v) is 3.31. The predicted octanol–water partition coefficient (Wildman–Crippen LogP) is 2.48. The Morgan fingerprint density at radius 1 is 1.67 bits per heavy atom. The van der Waals surface area contributed by atoms with Crippen molar-refractivity contribution in [3.05, 3.63) is 22.7 Å². The summed E-state index contributed by atoms with van der Waals surface area (Å²) in [7, 11) is 0. The van der Waals surface area contributed by atoms with E-state index in [1.807, 2.05) is 17.1 Å². The zero-order valence-corrected chi connectivity index (χ0v) is 8.05. The van der Waals surface area contributed by atoms with E-state index in [2.05, 4.69) is 20.9 Å². The fourth-order valence-electron chi connectivity index (χ4n) is 0.509. The molecule has 1 nitrogen and oxygen atoms in total. The van der Waals surface area contributed by atoms with Crippen LogP contribution in [0, 0.1) is 0 Å². The van der Waals surface area contributed by atoms with E-state index >= 15 is 0 Å². The van der Waals surface area contributed by atoms with Crippen LogP contribution in [0.2, 0.25) is 0 Å². The highest BCUT2D eigenvalue weighted by molar-refractivity contribution is 9.11. The molecular weight excluding hydrogens is 246 g/mol. The van der Waals surface area contributed by atoms with Gasteiger partial charge in [0.2, 0.25) is 0 Å². The highest BCUT2D eigenvalue weighted by atomic mass is 79.9. The molecule has 0 unspecified atom stereocenters. The van der Waals surface area contributed by atoms with Crippen LogP contribution in [-0.2, 0) is 0 Å². The summed E-state index contributed by atoms with van der Waals surface area (Å²) in [6, 6.07) is 0. The third-order valence-corrected chi connectivity index (χ3v) is 1.50. The summed E-state index contributed by atoms with van der Waals surface area (Å²) in [4.78, 5) is 5.91. The number of hydrogen-bond donors (Lipinski definition) is 0. The summed E-state index contributed by atoms with van der Waals surface area (Å²) < 4.78 is 0. The van der Waals surface area contributed by atoms with Crippen molar-refractivity contribution in [3.8, 4) is 0 Å². The smallest absolute Gasteiger partial charge is 0.0644 e. The zero-order chi connectivity index (χ0) is 5.82. The lowest BCUT2D eigenvalue weighted by Gasteiger charge is -1.96. The van der Waals surface area contributed by atoms with Gasteiger partial charge in [0.15, 0.2) is 0 Å². The summed E-state index contributed by atoms with van der Waals surface area (Å²) in [6.07, 6.45) is 5.76. The molecule has 0 spiro atoms. The highest BCUT2D eigenvalue weighted by Crippen LogP contribution is 2.03. The third-order valence-electron chi connectivity index (χ3n) is 0.916. The fraction of sp³-hybridized carbons (Fsp3) is 0.167. The fourth-order valence-corrected chi connectivity index (χ4v) is 0.807. The summed E-state index contributed by atoms with van der Waals surface area (Å²) >= 11 is 3.22. The van der Waals surface area contributed by atoms with Gasteiger partial charge < -0.3 is 0 Å². The van der Waals surface area contributed by atoms with E-state index in [0.717, 1.165) is 6.54 Å². The average molecular weight is 253 g/mol. The average Bonchev–Trinajstić information content (AvgIpc) is 1.90. The van der Waals surface area contributed by atoms with Crippen molar-refractivity contribution in [1.82, 2.24) is 0 Å². The molecule has 0 radical (unpaired) electrons. The van der Waals surface area contributed by atoms with E-state index in [1.165, 1.54) is 5.57 Å². The first kappa shape index (κ1) is 9.11. The third kappa shape index (κ3) is 2.96. The van der Waals surface area contributed by atoms with Crippen LogP contribution in [0.3, 0.4) is 0 Å². The van der Waals surface area contributed by atoms with Crippen molar-refractivity contribution in [2.24, 2.45) is 4.99 Å². The van der Waals surface area contributed by atoms with Crippen LogP contribution >= 0.6 is 32.9 Å². The zero-order valence-electron chi connectivity index (χ0n) is 4.75. The second-order valence-electron chi connectivity index (χ2n) is 1.53. The molecule has 3 heteroatoms. The topological polar surface area (TPSA) is 12.4 Å². The molecule has 0 aromatic carbocycles. The summed E-state index contributed by atoms with van der Waals surface area (Å²) in [5.74, 6) is 0. The Labute approximate surface area is 73.5 Å². The minimum Gasteiger partial charge on any atom is -0.288 e. The predicted molar refractivity (Wildman–Crippen MR) is 49.8 cm³/mol. The lowest BCUT2D eigenvalue weighted by Crippen LogP contribution is -1.88.